The van der Waals surface area contributed by atoms with E-state index in [1.54, 1.807) is 24.3 Å². The molecule has 0 atom stereocenters. The van der Waals surface area contributed by atoms with Crippen molar-refractivity contribution in [2.24, 2.45) is 0 Å². The van der Waals surface area contributed by atoms with Gasteiger partial charge in [-0.25, -0.2) is 0 Å². The van der Waals surface area contributed by atoms with E-state index < -0.39 is 0 Å². The Morgan fingerprint density at radius 1 is 0.889 bits per heavy atom. The van der Waals surface area contributed by atoms with Gasteiger partial charge in [-0.1, -0.05) is 38.1 Å². The van der Waals surface area contributed by atoms with Crippen LogP contribution >= 0.6 is 0 Å². The molecule has 3 heteroatoms. The first-order valence-corrected chi connectivity index (χ1v) is 6.12. The van der Waals surface area contributed by atoms with E-state index in [4.69, 9.17) is 0 Å². The molecule has 0 saturated heterocycles. The molecule has 98 valence electrons. The van der Waals surface area contributed by atoms with Crippen molar-refractivity contribution in [1.29, 1.82) is 0 Å². The highest BCUT2D eigenvalue weighted by Crippen LogP contribution is 2.20. The van der Waals surface area contributed by atoms with Crippen LogP contribution in [0.25, 0.3) is 0 Å². The minimum atomic E-state index is -0.212. The Kier molecular flexibility index (Phi) is 7.36. The normalized spacial score (nSPS) is 12.6. The van der Waals surface area contributed by atoms with Gasteiger partial charge in [0.1, 0.15) is 0 Å². The van der Waals surface area contributed by atoms with Crippen molar-refractivity contribution in [1.82, 2.24) is 4.90 Å². The van der Waals surface area contributed by atoms with Crippen LogP contribution in [0.3, 0.4) is 0 Å². The maximum absolute atomic E-state index is 11.3. The molecule has 0 spiro atoms. The fourth-order valence-electron chi connectivity index (χ4n) is 1.31. The molecule has 1 heterocycles. The lowest BCUT2D eigenvalue weighted by Crippen LogP contribution is -2.24. The van der Waals surface area contributed by atoms with Crippen molar-refractivity contribution in [3.63, 3.8) is 0 Å². The van der Waals surface area contributed by atoms with Crippen LogP contribution in [0.15, 0.2) is 36.4 Å². The van der Waals surface area contributed by atoms with E-state index in [1.807, 2.05) is 39.8 Å². The molecule has 1 aliphatic heterocycles. The number of allylic oxidation sites excluding steroid dienone is 2. The highest BCUT2D eigenvalue weighted by atomic mass is 16.2. The van der Waals surface area contributed by atoms with Crippen LogP contribution in [0.5, 0.6) is 0 Å². The standard InChI is InChI=1S/C9H7NO2.C4H8.C2H6/c1-10-8(11)6-4-2-3-5-7(6)9(10)12;1-3-4-2;1-2/h2-5H,1H3;3-4H,1-2H3;1-2H3/b;4-3-;. The van der Waals surface area contributed by atoms with Crippen LogP contribution < -0.4 is 0 Å². The lowest BCUT2D eigenvalue weighted by atomic mass is 10.1. The predicted molar refractivity (Wildman–Crippen MR) is 74.7 cm³/mol. The zero-order chi connectivity index (χ0) is 14.1. The number of nitrogens with zero attached hydrogens (tertiary/aromatic N) is 1. The fourth-order valence-corrected chi connectivity index (χ4v) is 1.31. The SMILES string of the molecule is C/C=C\C.CC.CN1C(=O)c2ccccc2C1=O. The van der Waals surface area contributed by atoms with Crippen LogP contribution in [-0.4, -0.2) is 23.8 Å². The van der Waals surface area contributed by atoms with Crippen molar-refractivity contribution in [2.45, 2.75) is 27.7 Å². The number of hydrogen-bond donors (Lipinski definition) is 0. The van der Waals surface area contributed by atoms with Crippen molar-refractivity contribution >= 4 is 11.8 Å². The van der Waals surface area contributed by atoms with E-state index in [0.717, 1.165) is 4.90 Å². The van der Waals surface area contributed by atoms with Gasteiger partial charge in [-0.3, -0.25) is 14.5 Å². The molecule has 2 amide bonds. The summed E-state index contributed by atoms with van der Waals surface area (Å²) in [5.41, 5.74) is 1.01. The molecular formula is C15H21NO2. The summed E-state index contributed by atoms with van der Waals surface area (Å²) >= 11 is 0. The number of imide groups is 1. The number of amides is 2. The average molecular weight is 247 g/mol. The largest absolute Gasteiger partial charge is 0.277 e. The summed E-state index contributed by atoms with van der Waals surface area (Å²) in [5, 5.41) is 0. The molecule has 2 rings (SSSR count). The number of benzene rings is 1. The summed E-state index contributed by atoms with van der Waals surface area (Å²) in [6.45, 7) is 8.00. The maximum Gasteiger partial charge on any atom is 0.261 e. The molecule has 1 aromatic carbocycles. The Morgan fingerprint density at radius 3 is 1.50 bits per heavy atom. The molecule has 0 bridgehead atoms. The highest BCUT2D eigenvalue weighted by Gasteiger charge is 2.31. The van der Waals surface area contributed by atoms with Gasteiger partial charge in [0.05, 0.1) is 11.1 Å². The van der Waals surface area contributed by atoms with Crippen LogP contribution in [-0.2, 0) is 0 Å². The first-order valence-electron chi connectivity index (χ1n) is 6.12. The summed E-state index contributed by atoms with van der Waals surface area (Å²) in [7, 11) is 1.49. The van der Waals surface area contributed by atoms with Gasteiger partial charge in [-0.05, 0) is 26.0 Å². The fraction of sp³-hybridized carbons (Fsp3) is 0.333. The monoisotopic (exact) mass is 247 g/mol. The Balaban J connectivity index is 0.000000415. The van der Waals surface area contributed by atoms with Gasteiger partial charge in [0.2, 0.25) is 0 Å². The molecule has 1 aromatic rings. The molecule has 0 radical (unpaired) electrons. The predicted octanol–water partition coefficient (Wildman–Crippen LogP) is 3.52. The molecule has 0 N–H and O–H groups in total. The Labute approximate surface area is 109 Å². The van der Waals surface area contributed by atoms with Crippen LogP contribution in [0, 0.1) is 0 Å². The second-order valence-corrected chi connectivity index (χ2v) is 3.38. The van der Waals surface area contributed by atoms with E-state index in [-0.39, 0.29) is 11.8 Å². The number of carbonyl (C=O) groups excluding carboxylic acids is 2. The highest BCUT2D eigenvalue weighted by molar-refractivity contribution is 6.21. The minimum Gasteiger partial charge on any atom is -0.277 e. The van der Waals surface area contributed by atoms with Gasteiger partial charge >= 0.3 is 0 Å². The number of hydrogen-bond acceptors (Lipinski definition) is 2. The van der Waals surface area contributed by atoms with E-state index in [2.05, 4.69) is 0 Å². The number of carbonyl (C=O) groups is 2. The molecule has 0 aromatic heterocycles. The quantitative estimate of drug-likeness (QED) is 0.519. The maximum atomic E-state index is 11.3. The molecule has 1 aliphatic rings. The number of fused-ring (bicyclic) bond motifs is 1. The van der Waals surface area contributed by atoms with E-state index in [1.165, 1.54) is 7.05 Å². The van der Waals surface area contributed by atoms with Crippen molar-refractivity contribution < 1.29 is 9.59 Å². The van der Waals surface area contributed by atoms with E-state index in [0.29, 0.717) is 11.1 Å². The van der Waals surface area contributed by atoms with Gasteiger partial charge in [-0.15, -0.1) is 0 Å². The molecule has 0 saturated carbocycles. The van der Waals surface area contributed by atoms with Gasteiger partial charge in [-0.2, -0.15) is 0 Å². The molecule has 3 nitrogen and oxygen atoms in total. The summed E-state index contributed by atoms with van der Waals surface area (Å²) in [4.78, 5) is 23.8. The lowest BCUT2D eigenvalue weighted by Gasteiger charge is -2.02. The van der Waals surface area contributed by atoms with Gasteiger partial charge in [0, 0.05) is 7.05 Å². The Morgan fingerprint density at radius 2 is 1.22 bits per heavy atom. The lowest BCUT2D eigenvalue weighted by molar-refractivity contribution is 0.0693. The summed E-state index contributed by atoms with van der Waals surface area (Å²) in [6.07, 6.45) is 4.00. The first kappa shape index (κ1) is 16.1. The average Bonchev–Trinajstić information content (AvgIpc) is 2.67. The van der Waals surface area contributed by atoms with Gasteiger partial charge in [0.15, 0.2) is 0 Å². The third-order valence-electron chi connectivity index (χ3n) is 2.33. The summed E-state index contributed by atoms with van der Waals surface area (Å²) in [6, 6.07) is 6.84. The molecule has 0 aliphatic carbocycles. The first-order chi connectivity index (χ1) is 8.63. The van der Waals surface area contributed by atoms with E-state index >= 15 is 0 Å². The zero-order valence-corrected chi connectivity index (χ0v) is 11.7. The summed E-state index contributed by atoms with van der Waals surface area (Å²) < 4.78 is 0. The zero-order valence-electron chi connectivity index (χ0n) is 11.7. The second-order valence-electron chi connectivity index (χ2n) is 3.38. The van der Waals surface area contributed by atoms with Crippen molar-refractivity contribution in [3.8, 4) is 0 Å². The third-order valence-corrected chi connectivity index (χ3v) is 2.33. The summed E-state index contributed by atoms with van der Waals surface area (Å²) in [5.74, 6) is -0.425. The smallest absolute Gasteiger partial charge is 0.261 e. The Hall–Kier alpha value is -1.90. The van der Waals surface area contributed by atoms with Crippen molar-refractivity contribution in [2.75, 3.05) is 7.05 Å². The molecule has 0 fully saturated rings. The molecule has 18 heavy (non-hydrogen) atoms. The third kappa shape index (κ3) is 3.55. The van der Waals surface area contributed by atoms with E-state index in [9.17, 15) is 9.59 Å². The van der Waals surface area contributed by atoms with Gasteiger partial charge < -0.3 is 0 Å². The topological polar surface area (TPSA) is 37.4 Å². The van der Waals surface area contributed by atoms with Crippen LogP contribution in [0.1, 0.15) is 48.4 Å². The van der Waals surface area contributed by atoms with Crippen molar-refractivity contribution in [3.05, 3.63) is 47.5 Å². The molecular weight excluding hydrogens is 226 g/mol. The second kappa shape index (κ2) is 8.23. The Bertz CT molecular complexity index is 397. The van der Waals surface area contributed by atoms with Crippen LogP contribution in [0.4, 0.5) is 0 Å². The van der Waals surface area contributed by atoms with Gasteiger partial charge in [0.25, 0.3) is 11.8 Å². The number of rotatable bonds is 0. The molecule has 0 unspecified atom stereocenters. The minimum absolute atomic E-state index is 0.212. The van der Waals surface area contributed by atoms with Crippen LogP contribution in [0.2, 0.25) is 0 Å².